The lowest BCUT2D eigenvalue weighted by atomic mass is 9.93. The normalized spacial score (nSPS) is 16.0. The van der Waals surface area contributed by atoms with E-state index in [4.69, 9.17) is 4.74 Å². The molecule has 5 heteroatoms. The van der Waals surface area contributed by atoms with Crippen LogP contribution in [-0.2, 0) is 0 Å². The van der Waals surface area contributed by atoms with Gasteiger partial charge in [-0.25, -0.2) is 4.98 Å². The molecule has 0 bridgehead atoms. The molecule has 0 aliphatic carbocycles. The fraction of sp³-hybridized carbons (Fsp3) is 0.222. The summed E-state index contributed by atoms with van der Waals surface area (Å²) >= 11 is 0. The number of Topliss-reactive ketones (excluding diaryl/α,β-unsaturated/α-hetero) is 1. The molecule has 0 spiro atoms. The second-order valence-corrected chi connectivity index (χ2v) is 6.40. The number of benzene rings is 2. The van der Waals surface area contributed by atoms with E-state index >= 15 is 0 Å². The van der Waals surface area contributed by atoms with Crippen molar-refractivity contribution in [1.82, 2.24) is 9.97 Å². The summed E-state index contributed by atoms with van der Waals surface area (Å²) in [5, 5.41) is 3.21. The van der Waals surface area contributed by atoms with Crippen LogP contribution in [0, 0.1) is 0 Å². The van der Waals surface area contributed by atoms with Crippen LogP contribution in [0.1, 0.15) is 30.6 Å². The van der Waals surface area contributed by atoms with Gasteiger partial charge in [-0.15, -0.1) is 0 Å². The zero-order chi connectivity index (χ0) is 16.0. The van der Waals surface area contributed by atoms with Crippen molar-refractivity contribution in [2.75, 3.05) is 5.32 Å². The van der Waals surface area contributed by atoms with E-state index in [1.165, 1.54) is 0 Å². The highest BCUT2D eigenvalue weighted by atomic mass is 16.5. The molecule has 2 N–H and O–H groups in total. The van der Waals surface area contributed by atoms with Gasteiger partial charge >= 0.3 is 0 Å². The van der Waals surface area contributed by atoms with Crippen molar-refractivity contribution in [3.8, 4) is 5.75 Å². The third-order valence-corrected chi connectivity index (χ3v) is 3.90. The Morgan fingerprint density at radius 1 is 1.22 bits per heavy atom. The molecule has 0 atom stereocenters. The Morgan fingerprint density at radius 2 is 2.04 bits per heavy atom. The average Bonchev–Trinajstić information content (AvgIpc) is 2.89. The minimum atomic E-state index is -0.447. The van der Waals surface area contributed by atoms with E-state index in [0.717, 1.165) is 16.7 Å². The Bertz CT molecular complexity index is 879. The van der Waals surface area contributed by atoms with Gasteiger partial charge in [0.1, 0.15) is 11.4 Å². The van der Waals surface area contributed by atoms with Gasteiger partial charge in [0, 0.05) is 5.69 Å². The molecule has 5 nitrogen and oxygen atoms in total. The zero-order valence-corrected chi connectivity index (χ0v) is 13.0. The topological polar surface area (TPSA) is 67.0 Å². The first-order valence-electron chi connectivity index (χ1n) is 7.58. The highest BCUT2D eigenvalue weighted by molar-refractivity contribution is 6.01. The van der Waals surface area contributed by atoms with Crippen LogP contribution in [0.2, 0.25) is 0 Å². The molecule has 2 heterocycles. The molecule has 0 unspecified atom stereocenters. The van der Waals surface area contributed by atoms with Crippen molar-refractivity contribution in [1.29, 1.82) is 0 Å². The lowest BCUT2D eigenvalue weighted by Gasteiger charge is -2.31. The molecule has 3 aromatic rings. The summed E-state index contributed by atoms with van der Waals surface area (Å²) in [7, 11) is 0. The van der Waals surface area contributed by atoms with Crippen LogP contribution in [0.5, 0.6) is 5.75 Å². The number of nitrogens with one attached hydrogen (secondary N) is 2. The summed E-state index contributed by atoms with van der Waals surface area (Å²) in [6.07, 6.45) is 0.383. The van der Waals surface area contributed by atoms with Gasteiger partial charge in [0.25, 0.3) is 0 Å². The van der Waals surface area contributed by atoms with Crippen LogP contribution in [0.15, 0.2) is 42.5 Å². The van der Waals surface area contributed by atoms with Crippen molar-refractivity contribution >= 4 is 28.5 Å². The average molecular weight is 307 g/mol. The number of rotatable bonds is 2. The summed E-state index contributed by atoms with van der Waals surface area (Å²) in [6, 6.07) is 13.4. The third kappa shape index (κ3) is 2.54. The molecule has 2 aromatic carbocycles. The van der Waals surface area contributed by atoms with E-state index in [2.05, 4.69) is 15.3 Å². The molecular formula is C18H17N3O2. The number of ether oxygens (including phenoxy) is 1. The summed E-state index contributed by atoms with van der Waals surface area (Å²) in [4.78, 5) is 20.0. The number of carbonyl (C=O) groups excluding carboxylic acids is 1. The van der Waals surface area contributed by atoms with Gasteiger partial charge < -0.3 is 15.0 Å². The van der Waals surface area contributed by atoms with Crippen LogP contribution in [0.4, 0.5) is 11.6 Å². The third-order valence-electron chi connectivity index (χ3n) is 3.90. The predicted molar refractivity (Wildman–Crippen MR) is 89.5 cm³/mol. The Kier molecular flexibility index (Phi) is 2.91. The Morgan fingerprint density at radius 3 is 2.87 bits per heavy atom. The van der Waals surface area contributed by atoms with Gasteiger partial charge in [-0.05, 0) is 44.2 Å². The van der Waals surface area contributed by atoms with Gasteiger partial charge in [-0.2, -0.15) is 0 Å². The van der Waals surface area contributed by atoms with Crippen LogP contribution in [0.25, 0.3) is 11.0 Å². The van der Waals surface area contributed by atoms with Gasteiger partial charge in [0.15, 0.2) is 5.78 Å². The number of fused-ring (bicyclic) bond motifs is 2. The number of para-hydroxylation sites is 2. The van der Waals surface area contributed by atoms with Gasteiger partial charge in [-0.3, -0.25) is 4.79 Å². The first kappa shape index (κ1) is 13.8. The largest absolute Gasteiger partial charge is 0.487 e. The fourth-order valence-electron chi connectivity index (χ4n) is 2.88. The zero-order valence-electron chi connectivity index (χ0n) is 13.0. The van der Waals surface area contributed by atoms with Crippen molar-refractivity contribution in [2.24, 2.45) is 0 Å². The molecule has 4 rings (SSSR count). The number of imidazole rings is 1. The van der Waals surface area contributed by atoms with Crippen LogP contribution >= 0.6 is 0 Å². The lowest BCUT2D eigenvalue weighted by molar-refractivity contribution is 0.0620. The van der Waals surface area contributed by atoms with Gasteiger partial charge in [-0.1, -0.05) is 12.1 Å². The van der Waals surface area contributed by atoms with E-state index in [-0.39, 0.29) is 5.78 Å². The van der Waals surface area contributed by atoms with Crippen LogP contribution < -0.4 is 10.1 Å². The Balaban J connectivity index is 1.66. The molecule has 1 aromatic heterocycles. The second kappa shape index (κ2) is 4.84. The predicted octanol–water partition coefficient (Wildman–Crippen LogP) is 4.05. The first-order valence-corrected chi connectivity index (χ1v) is 7.58. The summed E-state index contributed by atoms with van der Waals surface area (Å²) in [5.74, 6) is 1.39. The maximum Gasteiger partial charge on any atom is 0.205 e. The number of aromatic nitrogens is 2. The van der Waals surface area contributed by atoms with E-state index in [0.29, 0.717) is 23.7 Å². The van der Waals surface area contributed by atoms with Crippen LogP contribution in [0.3, 0.4) is 0 Å². The smallest absolute Gasteiger partial charge is 0.205 e. The van der Waals surface area contributed by atoms with E-state index in [9.17, 15) is 4.79 Å². The Labute approximate surface area is 133 Å². The van der Waals surface area contributed by atoms with Crippen molar-refractivity contribution in [3.63, 3.8) is 0 Å². The van der Waals surface area contributed by atoms with Crippen molar-refractivity contribution < 1.29 is 9.53 Å². The molecular weight excluding hydrogens is 290 g/mol. The molecule has 0 amide bonds. The molecule has 1 aliphatic heterocycles. The quantitative estimate of drug-likeness (QED) is 0.749. The minimum absolute atomic E-state index is 0.101. The highest BCUT2D eigenvalue weighted by Gasteiger charge is 2.32. The molecule has 116 valence electrons. The standard InChI is InChI=1S/C18H17N3O2/c1-18(2)10-15(22)12-9-11(7-8-16(12)23-18)19-17-20-13-5-3-4-6-14(13)21-17/h3-9H,10H2,1-2H3,(H2,19,20,21). The van der Waals surface area contributed by atoms with E-state index in [1.54, 1.807) is 0 Å². The monoisotopic (exact) mass is 307 g/mol. The number of H-pyrrole nitrogens is 1. The van der Waals surface area contributed by atoms with Gasteiger partial charge in [0.05, 0.1) is 23.0 Å². The second-order valence-electron chi connectivity index (χ2n) is 6.40. The number of aromatic amines is 1. The number of hydrogen-bond acceptors (Lipinski definition) is 4. The maximum absolute atomic E-state index is 12.3. The molecule has 0 fully saturated rings. The maximum atomic E-state index is 12.3. The lowest BCUT2D eigenvalue weighted by Crippen LogP contribution is -2.35. The van der Waals surface area contributed by atoms with E-state index in [1.807, 2.05) is 56.3 Å². The SMILES string of the molecule is CC1(C)CC(=O)c2cc(Nc3nc4ccccc4[nH]3)ccc2O1. The fourth-order valence-corrected chi connectivity index (χ4v) is 2.88. The molecule has 0 radical (unpaired) electrons. The highest BCUT2D eigenvalue weighted by Crippen LogP contribution is 2.35. The van der Waals surface area contributed by atoms with Crippen molar-refractivity contribution in [2.45, 2.75) is 25.9 Å². The van der Waals surface area contributed by atoms with Gasteiger partial charge in [0.2, 0.25) is 5.95 Å². The van der Waals surface area contributed by atoms with Crippen LogP contribution in [-0.4, -0.2) is 21.4 Å². The first-order chi connectivity index (χ1) is 11.0. The summed E-state index contributed by atoms with van der Waals surface area (Å²) in [6.45, 7) is 3.85. The number of nitrogens with zero attached hydrogens (tertiary/aromatic N) is 1. The summed E-state index contributed by atoms with van der Waals surface area (Å²) < 4.78 is 5.87. The summed E-state index contributed by atoms with van der Waals surface area (Å²) in [5.41, 5.74) is 2.84. The minimum Gasteiger partial charge on any atom is -0.487 e. The molecule has 0 saturated carbocycles. The molecule has 23 heavy (non-hydrogen) atoms. The molecule has 1 aliphatic rings. The van der Waals surface area contributed by atoms with E-state index < -0.39 is 5.60 Å². The Hall–Kier alpha value is -2.82. The number of carbonyl (C=O) groups is 1. The number of ketones is 1. The number of hydrogen-bond donors (Lipinski definition) is 2. The number of anilines is 2. The van der Waals surface area contributed by atoms with Crippen molar-refractivity contribution in [3.05, 3.63) is 48.0 Å². The molecule has 0 saturated heterocycles.